The topological polar surface area (TPSA) is 55.2 Å². The lowest BCUT2D eigenvalue weighted by Crippen LogP contribution is -2.72. The van der Waals surface area contributed by atoms with E-state index in [9.17, 15) is 0 Å². The van der Waals surface area contributed by atoms with Crippen molar-refractivity contribution >= 4 is 55.4 Å². The maximum absolute atomic E-state index is 7.37. The Hall–Kier alpha value is -3.33. The Morgan fingerprint density at radius 3 is 2.39 bits per heavy atom. The van der Waals surface area contributed by atoms with Crippen LogP contribution in [0.15, 0.2) is 112 Å². The number of nitrogens with one attached hydrogen (secondary N) is 1. The molecule has 0 spiro atoms. The summed E-state index contributed by atoms with van der Waals surface area (Å²) in [5, 5.41) is 3.93. The maximum Gasteiger partial charge on any atom is 0.505 e. The molecule has 1 saturated carbocycles. The van der Waals surface area contributed by atoms with Gasteiger partial charge in [-0.2, -0.15) is 0 Å². The minimum Gasteiger partial charge on any atom is -0.656 e. The first-order chi connectivity index (χ1) is 20.1. The molecule has 3 aromatic carbocycles. The molecule has 2 unspecified atom stereocenters. The highest BCUT2D eigenvalue weighted by Crippen LogP contribution is 2.50. The highest BCUT2D eigenvalue weighted by Gasteiger charge is 2.55. The molecule has 0 bridgehead atoms. The quantitative estimate of drug-likeness (QED) is 0.251. The number of fused-ring (bicyclic) bond motifs is 4. The van der Waals surface area contributed by atoms with Crippen molar-refractivity contribution in [2.45, 2.75) is 37.8 Å². The number of aromatic nitrogens is 1. The molecule has 3 aliphatic heterocycles. The SMILES string of the molecule is NC1CCCCC1NC1=[N+]2C(=C(c3ccccc3)c3cc(Br)c4n3[B@@-]2(c2ccccc2)Oc2ccccc2-4)C=C1Br. The number of nitrogens with zero attached hydrogens (tertiary/aromatic N) is 2. The summed E-state index contributed by atoms with van der Waals surface area (Å²) in [6.07, 6.45) is 6.68. The molecule has 0 amide bonds. The van der Waals surface area contributed by atoms with Crippen molar-refractivity contribution in [3.63, 3.8) is 0 Å². The average Bonchev–Trinajstić information content (AvgIpc) is 3.52. The van der Waals surface area contributed by atoms with E-state index in [-0.39, 0.29) is 12.1 Å². The zero-order chi connectivity index (χ0) is 27.7. The Balaban J connectivity index is 1.51. The number of hydrogen-bond donors (Lipinski definition) is 2. The molecule has 4 aromatic rings. The van der Waals surface area contributed by atoms with Crippen molar-refractivity contribution in [3.05, 3.63) is 123 Å². The molecule has 1 aliphatic carbocycles. The number of para-hydroxylation sites is 1. The van der Waals surface area contributed by atoms with Crippen molar-refractivity contribution in [2.24, 2.45) is 5.73 Å². The van der Waals surface area contributed by atoms with Crippen molar-refractivity contribution in [2.75, 3.05) is 0 Å². The summed E-state index contributed by atoms with van der Waals surface area (Å²) in [6, 6.07) is 32.2. The first-order valence-corrected chi connectivity index (χ1v) is 15.9. The molecule has 5 nitrogen and oxygen atoms in total. The first kappa shape index (κ1) is 25.4. The van der Waals surface area contributed by atoms with E-state index in [4.69, 9.17) is 10.4 Å². The van der Waals surface area contributed by atoms with Crippen LogP contribution in [0.5, 0.6) is 5.75 Å². The van der Waals surface area contributed by atoms with Gasteiger partial charge in [0.05, 0.1) is 11.4 Å². The highest BCUT2D eigenvalue weighted by molar-refractivity contribution is 9.12. The fourth-order valence-corrected chi connectivity index (χ4v) is 8.42. The van der Waals surface area contributed by atoms with Gasteiger partial charge in [-0.1, -0.05) is 84.7 Å². The lowest BCUT2D eigenvalue weighted by atomic mass is 9.54. The van der Waals surface area contributed by atoms with Crippen LogP contribution < -0.4 is 21.2 Å². The summed E-state index contributed by atoms with van der Waals surface area (Å²) in [5.41, 5.74) is 14.5. The van der Waals surface area contributed by atoms with Gasteiger partial charge >= 0.3 is 6.62 Å². The summed E-state index contributed by atoms with van der Waals surface area (Å²) in [6.45, 7) is -2.01. The van der Waals surface area contributed by atoms with Crippen molar-refractivity contribution in [1.82, 2.24) is 9.79 Å². The van der Waals surface area contributed by atoms with E-state index in [1.165, 1.54) is 12.8 Å². The first-order valence-electron chi connectivity index (χ1n) is 14.3. The second kappa shape index (κ2) is 9.61. The molecule has 4 heterocycles. The Morgan fingerprint density at radius 2 is 1.61 bits per heavy atom. The smallest absolute Gasteiger partial charge is 0.505 e. The van der Waals surface area contributed by atoms with Crippen LogP contribution in [0.2, 0.25) is 0 Å². The van der Waals surface area contributed by atoms with Gasteiger partial charge in [0.1, 0.15) is 10.5 Å². The van der Waals surface area contributed by atoms with E-state index in [2.05, 4.69) is 143 Å². The third-order valence-electron chi connectivity index (χ3n) is 9.06. The molecule has 41 heavy (non-hydrogen) atoms. The fraction of sp³-hybridized carbons (Fsp3) is 0.182. The molecule has 204 valence electrons. The molecule has 8 rings (SSSR count). The molecular formula is C33H29BBr2N4O. The number of rotatable bonds is 3. The minimum atomic E-state index is -2.01. The summed E-state index contributed by atoms with van der Waals surface area (Å²) in [4.78, 5) is 0. The van der Waals surface area contributed by atoms with Crippen LogP contribution in [-0.2, 0) is 0 Å². The number of benzene rings is 3. The van der Waals surface area contributed by atoms with Crippen LogP contribution in [0.1, 0.15) is 36.9 Å². The number of hydrogen-bond acceptors (Lipinski definition) is 3. The van der Waals surface area contributed by atoms with Crippen molar-refractivity contribution in [3.8, 4) is 17.0 Å². The Bertz CT molecular complexity index is 1800. The third kappa shape index (κ3) is 3.67. The van der Waals surface area contributed by atoms with Crippen molar-refractivity contribution < 1.29 is 9.14 Å². The number of allylic oxidation sites excluding steroid dienone is 1. The zero-order valence-corrected chi connectivity index (χ0v) is 25.6. The highest BCUT2D eigenvalue weighted by atomic mass is 79.9. The summed E-state index contributed by atoms with van der Waals surface area (Å²) in [7, 11) is 0. The summed E-state index contributed by atoms with van der Waals surface area (Å²) in [5.74, 6) is 1.87. The standard InChI is InChI=1S/C33H29BBr2N4O/c35-24-19-28-31(21-11-3-1-4-12-21)29-20-25(36)33(38-27-17-9-8-16-26(27)37)40(29)34(22-13-5-2-6-14-22)39(28)32(24)23-15-7-10-18-30(23)41-34/h1-7,10-15,18-20,26-27,38H,8-9,16-17,37H2/t26?,27?,34-/m1/s1. The van der Waals surface area contributed by atoms with Gasteiger partial charge in [0, 0.05) is 39.1 Å². The Kier molecular flexibility index (Phi) is 5.95. The Labute approximate surface area is 256 Å². The second-order valence-electron chi connectivity index (χ2n) is 11.4. The van der Waals surface area contributed by atoms with E-state index in [0.29, 0.717) is 0 Å². The summed E-state index contributed by atoms with van der Waals surface area (Å²) < 4.78 is 14.3. The summed E-state index contributed by atoms with van der Waals surface area (Å²) >= 11 is 7.98. The van der Waals surface area contributed by atoms with Crippen LogP contribution in [0.4, 0.5) is 0 Å². The van der Waals surface area contributed by atoms with Gasteiger partial charge in [0.25, 0.3) is 0 Å². The normalized spacial score (nSPS) is 24.3. The molecule has 0 radical (unpaired) electrons. The van der Waals surface area contributed by atoms with Crippen molar-refractivity contribution in [1.29, 1.82) is 0 Å². The van der Waals surface area contributed by atoms with Gasteiger partial charge in [-0.05, 0) is 74.9 Å². The van der Waals surface area contributed by atoms with Gasteiger partial charge in [-0.15, -0.1) is 0 Å². The largest absolute Gasteiger partial charge is 0.656 e. The molecule has 1 fully saturated rings. The van der Waals surface area contributed by atoms with Crippen LogP contribution in [-0.4, -0.2) is 33.5 Å². The van der Waals surface area contributed by atoms with Crippen LogP contribution in [0.25, 0.3) is 16.8 Å². The molecular weight excluding hydrogens is 639 g/mol. The van der Waals surface area contributed by atoms with Crippen LogP contribution >= 0.6 is 31.9 Å². The third-order valence-corrected chi connectivity index (χ3v) is 10.3. The van der Waals surface area contributed by atoms with E-state index < -0.39 is 6.62 Å². The van der Waals surface area contributed by atoms with Gasteiger partial charge < -0.3 is 19.4 Å². The predicted octanol–water partition coefficient (Wildman–Crippen LogP) is 6.34. The predicted molar refractivity (Wildman–Crippen MR) is 174 cm³/mol. The van der Waals surface area contributed by atoms with Gasteiger partial charge in [-0.25, -0.2) is 0 Å². The molecule has 4 aliphatic rings. The number of nitrogens with two attached hydrogens (primary N) is 1. The lowest BCUT2D eigenvalue weighted by Gasteiger charge is -2.51. The number of halogens is 2. The van der Waals surface area contributed by atoms with E-state index in [1.54, 1.807) is 0 Å². The lowest BCUT2D eigenvalue weighted by molar-refractivity contribution is -0.350. The molecule has 3 atom stereocenters. The molecule has 8 heteroatoms. The Morgan fingerprint density at radius 1 is 0.902 bits per heavy atom. The van der Waals surface area contributed by atoms with Gasteiger partial charge in [0.2, 0.25) is 5.84 Å². The molecule has 1 aromatic heterocycles. The van der Waals surface area contributed by atoms with E-state index in [0.717, 1.165) is 72.6 Å². The van der Waals surface area contributed by atoms with Gasteiger partial charge in [0.15, 0.2) is 0 Å². The monoisotopic (exact) mass is 666 g/mol. The maximum atomic E-state index is 7.37. The van der Waals surface area contributed by atoms with Crippen LogP contribution in [0, 0.1) is 0 Å². The van der Waals surface area contributed by atoms with Gasteiger partial charge in [-0.3, -0.25) is 5.32 Å². The number of amidine groups is 1. The molecule has 3 N–H and O–H groups in total. The fourth-order valence-electron chi connectivity index (χ4n) is 7.28. The minimum absolute atomic E-state index is 0.1000. The van der Waals surface area contributed by atoms with E-state index >= 15 is 0 Å². The second-order valence-corrected chi connectivity index (χ2v) is 13.1. The zero-order valence-electron chi connectivity index (χ0n) is 22.4. The average molecular weight is 668 g/mol. The molecule has 0 saturated heterocycles. The van der Waals surface area contributed by atoms with E-state index in [1.807, 2.05) is 0 Å². The van der Waals surface area contributed by atoms with Crippen LogP contribution in [0.3, 0.4) is 0 Å².